The zero-order valence-electron chi connectivity index (χ0n) is 16.7. The minimum atomic E-state index is -0.920. The van der Waals surface area contributed by atoms with Crippen LogP contribution in [0.1, 0.15) is 58.3 Å². The molecule has 6 amide bonds. The molecule has 3 aliphatic rings. The minimum absolute atomic E-state index is 0.0833. The van der Waals surface area contributed by atoms with Gasteiger partial charge in [0.1, 0.15) is 13.1 Å². The molecule has 0 radical (unpaired) electrons. The molecule has 4 unspecified atom stereocenters. The Labute approximate surface area is 169 Å². The first-order valence-electron chi connectivity index (χ1n) is 10.3. The Kier molecular flexibility index (Phi) is 6.19. The molecule has 156 valence electrons. The second-order valence-corrected chi connectivity index (χ2v) is 7.88. The summed E-state index contributed by atoms with van der Waals surface area (Å²) in [6.07, 6.45) is 6.15. The quantitative estimate of drug-likeness (QED) is 0.407. The summed E-state index contributed by atoms with van der Waals surface area (Å²) in [5, 5.41) is 0. The van der Waals surface area contributed by atoms with Gasteiger partial charge in [0.05, 0.1) is 0 Å². The van der Waals surface area contributed by atoms with Crippen LogP contribution in [0, 0.1) is 0 Å². The maximum atomic E-state index is 14.1. The molecule has 0 saturated carbocycles. The smallest absolute Gasteiger partial charge is 0.211 e. The standard InChI is InChI=1S/C19H27N5O5/c1-2-22-17(27)23(11-7-3-5-9-15(23)20-13-25)19(29)24(18(22)28)12-8-4-6-10-16(24)21-14-26/h15-16H,2-12H2,1H3/q+2. The fraction of sp³-hybridized carbons (Fsp3) is 0.737. The average molecular weight is 405 g/mol. The average Bonchev–Trinajstić information content (AvgIpc) is 3.05. The summed E-state index contributed by atoms with van der Waals surface area (Å²) in [7, 11) is 0. The van der Waals surface area contributed by atoms with Crippen LogP contribution in [-0.4, -0.2) is 76.1 Å². The first kappa shape index (κ1) is 21.2. The van der Waals surface area contributed by atoms with Crippen LogP contribution in [0.5, 0.6) is 0 Å². The van der Waals surface area contributed by atoms with Crippen molar-refractivity contribution in [1.29, 1.82) is 0 Å². The lowest BCUT2D eigenvalue weighted by molar-refractivity contribution is -0.932. The minimum Gasteiger partial charge on any atom is -0.211 e. The number of rotatable bonds is 3. The van der Waals surface area contributed by atoms with Crippen LogP contribution in [0.3, 0.4) is 0 Å². The summed E-state index contributed by atoms with van der Waals surface area (Å²) in [5.41, 5.74) is 0. The van der Waals surface area contributed by atoms with Crippen molar-refractivity contribution in [3.8, 4) is 0 Å². The Morgan fingerprint density at radius 1 is 0.828 bits per heavy atom. The van der Waals surface area contributed by atoms with Crippen molar-refractivity contribution in [2.24, 2.45) is 9.98 Å². The molecule has 0 aliphatic carbocycles. The molecule has 3 saturated heterocycles. The largest absolute Gasteiger partial charge is 0.536 e. The van der Waals surface area contributed by atoms with Gasteiger partial charge >= 0.3 is 18.1 Å². The van der Waals surface area contributed by atoms with Gasteiger partial charge in [0.25, 0.3) is 0 Å². The van der Waals surface area contributed by atoms with Gasteiger partial charge < -0.3 is 0 Å². The van der Waals surface area contributed by atoms with Gasteiger partial charge in [-0.3, -0.25) is 0 Å². The number of aliphatic imine (C=N–C) groups is 2. The van der Waals surface area contributed by atoms with E-state index < -0.39 is 39.4 Å². The molecule has 10 nitrogen and oxygen atoms in total. The van der Waals surface area contributed by atoms with Crippen molar-refractivity contribution in [2.45, 2.75) is 70.6 Å². The Morgan fingerprint density at radius 3 is 1.66 bits per heavy atom. The van der Waals surface area contributed by atoms with Gasteiger partial charge in [-0.1, -0.05) is 0 Å². The van der Waals surface area contributed by atoms with Crippen molar-refractivity contribution >= 4 is 30.3 Å². The number of isocyanates is 2. The maximum Gasteiger partial charge on any atom is 0.536 e. The molecule has 0 aromatic heterocycles. The van der Waals surface area contributed by atoms with E-state index in [1.807, 2.05) is 0 Å². The molecule has 0 aromatic rings. The predicted molar refractivity (Wildman–Crippen MR) is 99.6 cm³/mol. The highest BCUT2D eigenvalue weighted by atomic mass is 16.3. The predicted octanol–water partition coefficient (Wildman–Crippen LogP) is 2.79. The summed E-state index contributed by atoms with van der Waals surface area (Å²) in [6, 6.07) is -1.91. The summed E-state index contributed by atoms with van der Waals surface area (Å²) in [5.74, 6) is 0. The van der Waals surface area contributed by atoms with E-state index >= 15 is 0 Å². The normalized spacial score (nSPS) is 35.6. The third-order valence-electron chi connectivity index (χ3n) is 6.51. The zero-order chi connectivity index (χ0) is 21.1. The monoisotopic (exact) mass is 405 g/mol. The van der Waals surface area contributed by atoms with E-state index in [9.17, 15) is 24.0 Å². The molecule has 0 aromatic carbocycles. The molecule has 0 N–H and O–H groups in total. The van der Waals surface area contributed by atoms with E-state index in [1.54, 1.807) is 6.92 Å². The molecule has 0 bridgehead atoms. The van der Waals surface area contributed by atoms with Gasteiger partial charge in [-0.25, -0.2) is 19.2 Å². The number of quaternary nitrogens is 2. The van der Waals surface area contributed by atoms with Crippen LogP contribution in [0.25, 0.3) is 0 Å². The van der Waals surface area contributed by atoms with E-state index in [4.69, 9.17) is 0 Å². The van der Waals surface area contributed by atoms with Gasteiger partial charge in [-0.2, -0.15) is 9.69 Å². The highest BCUT2D eigenvalue weighted by Gasteiger charge is 2.74. The molecule has 10 heteroatoms. The highest BCUT2D eigenvalue weighted by Crippen LogP contribution is 2.41. The molecular weight excluding hydrogens is 378 g/mol. The third-order valence-corrected chi connectivity index (χ3v) is 6.51. The van der Waals surface area contributed by atoms with Crippen molar-refractivity contribution in [3.63, 3.8) is 0 Å². The van der Waals surface area contributed by atoms with Crippen molar-refractivity contribution in [2.75, 3.05) is 19.6 Å². The summed E-state index contributed by atoms with van der Waals surface area (Å²) >= 11 is 0. The maximum absolute atomic E-state index is 14.1. The topological polar surface area (TPSA) is 113 Å². The number of hydrogen-bond donors (Lipinski definition) is 0. The molecule has 4 atom stereocenters. The Bertz CT molecular complexity index is 741. The molecule has 3 aliphatic heterocycles. The Hall–Kier alpha value is -2.51. The first-order chi connectivity index (χ1) is 14.0. The summed E-state index contributed by atoms with van der Waals surface area (Å²) in [4.78, 5) is 72.3. The van der Waals surface area contributed by atoms with E-state index in [-0.39, 0.29) is 19.6 Å². The van der Waals surface area contributed by atoms with Crippen LogP contribution >= 0.6 is 0 Å². The lowest BCUT2D eigenvalue weighted by Crippen LogP contribution is -2.83. The van der Waals surface area contributed by atoms with Crippen molar-refractivity contribution in [1.82, 2.24) is 4.90 Å². The number of nitrogens with zero attached hydrogens (tertiary/aromatic N) is 5. The molecular formula is C19H27N5O5+2. The van der Waals surface area contributed by atoms with Gasteiger partial charge in [-0.15, -0.1) is 19.0 Å². The fourth-order valence-corrected chi connectivity index (χ4v) is 5.07. The van der Waals surface area contributed by atoms with Crippen LogP contribution in [0.4, 0.5) is 14.4 Å². The van der Waals surface area contributed by atoms with E-state index in [1.165, 1.54) is 12.2 Å². The number of urea groups is 3. The summed E-state index contributed by atoms with van der Waals surface area (Å²) in [6.45, 7) is 2.08. The molecule has 3 heterocycles. The second-order valence-electron chi connectivity index (χ2n) is 7.88. The molecule has 3 fully saturated rings. The lowest BCUT2D eigenvalue weighted by atomic mass is 10.1. The van der Waals surface area contributed by atoms with Crippen molar-refractivity contribution in [3.05, 3.63) is 0 Å². The first-order valence-corrected chi connectivity index (χ1v) is 10.3. The van der Waals surface area contributed by atoms with Crippen LogP contribution in [-0.2, 0) is 9.59 Å². The summed E-state index contributed by atoms with van der Waals surface area (Å²) < 4.78 is -1.42. The second kappa shape index (κ2) is 8.47. The number of carbonyl (C=O) groups excluding carboxylic acids is 5. The molecule has 2 spiro atoms. The fourth-order valence-electron chi connectivity index (χ4n) is 5.07. The van der Waals surface area contributed by atoms with Crippen molar-refractivity contribution < 1.29 is 32.9 Å². The van der Waals surface area contributed by atoms with Gasteiger partial charge in [0.15, 0.2) is 0 Å². The number of amides is 6. The lowest BCUT2D eigenvalue weighted by Gasteiger charge is -2.48. The Balaban J connectivity index is 2.28. The Morgan fingerprint density at radius 2 is 1.28 bits per heavy atom. The van der Waals surface area contributed by atoms with Gasteiger partial charge in [-0.05, 0) is 45.4 Å². The van der Waals surface area contributed by atoms with Crippen LogP contribution < -0.4 is 0 Å². The molecule has 29 heavy (non-hydrogen) atoms. The zero-order valence-corrected chi connectivity index (χ0v) is 16.7. The SMILES string of the molecule is CCN1C(=O)[N+]2(CCCCCC2N=C=O)C(=O)[N+]2(CCCCCC2N=C=O)C1=O. The molecule has 3 rings (SSSR count). The number of carbonyl (C=O) groups is 3. The number of imide groups is 3. The van der Waals surface area contributed by atoms with Gasteiger partial charge in [0.2, 0.25) is 24.5 Å². The van der Waals surface area contributed by atoms with E-state index in [2.05, 4.69) is 9.98 Å². The van der Waals surface area contributed by atoms with E-state index in [0.29, 0.717) is 38.5 Å². The van der Waals surface area contributed by atoms with Gasteiger partial charge in [0, 0.05) is 19.4 Å². The third kappa shape index (κ3) is 3.09. The number of hydrogen-bond acceptors (Lipinski definition) is 7. The van der Waals surface area contributed by atoms with Crippen LogP contribution in [0.15, 0.2) is 9.98 Å². The van der Waals surface area contributed by atoms with Crippen LogP contribution in [0.2, 0.25) is 0 Å². The van der Waals surface area contributed by atoms with E-state index in [0.717, 1.165) is 17.7 Å². The highest BCUT2D eigenvalue weighted by molar-refractivity contribution is 5.99.